The normalized spacial score (nSPS) is 15.8. The topological polar surface area (TPSA) is 126 Å². The quantitative estimate of drug-likeness (QED) is 0.352. The lowest BCUT2D eigenvalue weighted by Gasteiger charge is -2.47. The molecule has 2 aliphatic heterocycles. The van der Waals surface area contributed by atoms with Gasteiger partial charge in [0.1, 0.15) is 18.2 Å². The van der Waals surface area contributed by atoms with Crippen molar-refractivity contribution in [2.24, 2.45) is 12.5 Å². The maximum absolute atomic E-state index is 12.1. The van der Waals surface area contributed by atoms with Gasteiger partial charge in [-0.3, -0.25) is 9.48 Å². The number of hydrogen-bond donors (Lipinski definition) is 0. The van der Waals surface area contributed by atoms with Gasteiger partial charge in [0, 0.05) is 61.4 Å². The number of anilines is 1. The standard InChI is InChI=1S/C28H27N9O2/c1-4-22(38)37-16-28(17-37)8-10-36(15-28)26-21(11-29)24(23-18(2)5-6-20-13-32-35(3)25(20)23)33-27(34-26)39-14-19-7-9-30-31-12-19/h4-7,9,12-13H,1,8,10,14-17H2,2-3H3. The Balaban J connectivity index is 1.44. The Morgan fingerprint density at radius 2 is 2.05 bits per heavy atom. The van der Waals surface area contributed by atoms with Gasteiger partial charge in [-0.05, 0) is 31.1 Å². The van der Waals surface area contributed by atoms with Crippen molar-refractivity contribution >= 4 is 22.6 Å². The predicted octanol–water partition coefficient (Wildman–Crippen LogP) is 2.80. The molecule has 1 amide bonds. The Hall–Kier alpha value is -4.85. The highest BCUT2D eigenvalue weighted by molar-refractivity contribution is 5.97. The van der Waals surface area contributed by atoms with Crippen molar-refractivity contribution < 1.29 is 9.53 Å². The van der Waals surface area contributed by atoms with E-state index < -0.39 is 0 Å². The summed E-state index contributed by atoms with van der Waals surface area (Å²) in [5.74, 6) is 0.483. The number of likely N-dealkylation sites (tertiary alicyclic amines) is 1. The van der Waals surface area contributed by atoms with Gasteiger partial charge in [-0.2, -0.15) is 30.5 Å². The van der Waals surface area contributed by atoms with Crippen molar-refractivity contribution in [2.45, 2.75) is 20.0 Å². The second-order valence-electron chi connectivity index (χ2n) is 10.2. The largest absolute Gasteiger partial charge is 0.458 e. The highest BCUT2D eigenvalue weighted by Gasteiger charge is 2.49. The predicted molar refractivity (Wildman–Crippen MR) is 144 cm³/mol. The van der Waals surface area contributed by atoms with E-state index in [2.05, 4.69) is 32.8 Å². The lowest BCUT2D eigenvalue weighted by molar-refractivity contribution is -0.136. The van der Waals surface area contributed by atoms with E-state index in [0.717, 1.165) is 34.0 Å². The van der Waals surface area contributed by atoms with E-state index in [0.29, 0.717) is 43.3 Å². The van der Waals surface area contributed by atoms with Crippen molar-refractivity contribution in [3.05, 3.63) is 66.1 Å². The fourth-order valence-corrected chi connectivity index (χ4v) is 5.65. The van der Waals surface area contributed by atoms with Crippen LogP contribution in [0.25, 0.3) is 22.2 Å². The Morgan fingerprint density at radius 3 is 2.79 bits per heavy atom. The number of aryl methyl sites for hydroxylation is 2. The van der Waals surface area contributed by atoms with Crippen LogP contribution in [0.5, 0.6) is 6.01 Å². The number of nitriles is 1. The van der Waals surface area contributed by atoms with Crippen molar-refractivity contribution in [1.82, 2.24) is 34.8 Å². The Bertz CT molecular complexity index is 1630. The van der Waals surface area contributed by atoms with Crippen LogP contribution in [0.1, 0.15) is 23.1 Å². The molecule has 11 nitrogen and oxygen atoms in total. The van der Waals surface area contributed by atoms with Gasteiger partial charge in [0.2, 0.25) is 5.91 Å². The number of aromatic nitrogens is 6. The van der Waals surface area contributed by atoms with Crippen molar-refractivity contribution in [1.29, 1.82) is 5.26 Å². The van der Waals surface area contributed by atoms with Crippen LogP contribution >= 0.6 is 0 Å². The van der Waals surface area contributed by atoms with Crippen LogP contribution in [-0.4, -0.2) is 66.9 Å². The number of nitrogens with zero attached hydrogens (tertiary/aromatic N) is 9. The third-order valence-electron chi connectivity index (χ3n) is 7.62. The molecule has 4 aromatic rings. The van der Waals surface area contributed by atoms with Crippen LogP contribution < -0.4 is 9.64 Å². The highest BCUT2D eigenvalue weighted by Crippen LogP contribution is 2.43. The summed E-state index contributed by atoms with van der Waals surface area (Å²) in [6.45, 7) is 8.53. The third kappa shape index (κ3) is 4.24. The zero-order valence-electron chi connectivity index (χ0n) is 21.8. The molecular weight excluding hydrogens is 494 g/mol. The van der Waals surface area contributed by atoms with Crippen LogP contribution in [-0.2, 0) is 18.4 Å². The monoisotopic (exact) mass is 521 g/mol. The molecule has 1 spiro atoms. The second-order valence-corrected chi connectivity index (χ2v) is 10.2. The summed E-state index contributed by atoms with van der Waals surface area (Å²) in [6.07, 6.45) is 7.28. The molecule has 2 aliphatic rings. The minimum absolute atomic E-state index is 0.0296. The first-order valence-electron chi connectivity index (χ1n) is 12.7. The first kappa shape index (κ1) is 24.5. The van der Waals surface area contributed by atoms with Crippen molar-refractivity contribution in [3.63, 3.8) is 0 Å². The minimum Gasteiger partial charge on any atom is -0.458 e. The van der Waals surface area contributed by atoms with Crippen molar-refractivity contribution in [3.8, 4) is 23.3 Å². The number of benzene rings is 1. The third-order valence-corrected chi connectivity index (χ3v) is 7.62. The molecule has 11 heteroatoms. The zero-order chi connectivity index (χ0) is 27.1. The summed E-state index contributed by atoms with van der Waals surface area (Å²) in [5.41, 5.74) is 4.37. The van der Waals surface area contributed by atoms with Crippen LogP contribution in [0.15, 0.2) is 49.4 Å². The lowest BCUT2D eigenvalue weighted by atomic mass is 9.79. The number of hydrogen-bond acceptors (Lipinski definition) is 9. The van der Waals surface area contributed by atoms with Gasteiger partial charge >= 0.3 is 6.01 Å². The van der Waals surface area contributed by atoms with Gasteiger partial charge in [-0.1, -0.05) is 18.7 Å². The molecule has 2 fully saturated rings. The molecule has 0 saturated carbocycles. The van der Waals surface area contributed by atoms with E-state index in [-0.39, 0.29) is 23.9 Å². The van der Waals surface area contributed by atoms with Gasteiger partial charge in [0.15, 0.2) is 5.82 Å². The summed E-state index contributed by atoms with van der Waals surface area (Å²) in [6, 6.07) is 8.41. The first-order valence-corrected chi connectivity index (χ1v) is 12.7. The van der Waals surface area contributed by atoms with Gasteiger partial charge in [0.05, 0.1) is 23.6 Å². The molecule has 3 aromatic heterocycles. The number of carbonyl (C=O) groups excluding carboxylic acids is 1. The van der Waals surface area contributed by atoms with Crippen LogP contribution in [0, 0.1) is 23.7 Å². The maximum Gasteiger partial charge on any atom is 0.319 e. The smallest absolute Gasteiger partial charge is 0.319 e. The minimum atomic E-state index is -0.0536. The number of carbonyl (C=O) groups is 1. The zero-order valence-corrected chi connectivity index (χ0v) is 21.8. The van der Waals surface area contributed by atoms with Crippen LogP contribution in [0.3, 0.4) is 0 Å². The number of rotatable bonds is 6. The summed E-state index contributed by atoms with van der Waals surface area (Å²) < 4.78 is 7.86. The fraction of sp³-hybridized carbons (Fsp3) is 0.321. The van der Waals surface area contributed by atoms with Gasteiger partial charge in [-0.15, -0.1) is 0 Å². The van der Waals surface area contributed by atoms with Gasteiger partial charge in [-0.25, -0.2) is 0 Å². The summed E-state index contributed by atoms with van der Waals surface area (Å²) in [7, 11) is 1.88. The molecule has 0 atom stereocenters. The van der Waals surface area contributed by atoms with Gasteiger partial charge < -0.3 is 14.5 Å². The average Bonchev–Trinajstić information content (AvgIpc) is 3.55. The fourth-order valence-electron chi connectivity index (χ4n) is 5.65. The van der Waals surface area contributed by atoms with E-state index in [9.17, 15) is 10.1 Å². The highest BCUT2D eigenvalue weighted by atomic mass is 16.5. The molecule has 0 unspecified atom stereocenters. The Morgan fingerprint density at radius 1 is 1.21 bits per heavy atom. The lowest BCUT2D eigenvalue weighted by Crippen LogP contribution is -2.59. The second kappa shape index (κ2) is 9.47. The molecule has 5 heterocycles. The maximum atomic E-state index is 12.1. The Kier molecular flexibility index (Phi) is 5.95. The van der Waals surface area contributed by atoms with E-state index in [1.807, 2.05) is 32.2 Å². The van der Waals surface area contributed by atoms with E-state index in [1.165, 1.54) is 6.08 Å². The molecule has 0 aliphatic carbocycles. The molecule has 0 N–H and O–H groups in total. The average molecular weight is 522 g/mol. The molecule has 196 valence electrons. The molecule has 2 saturated heterocycles. The number of ether oxygens (including phenoxy) is 1. The molecular formula is C28H27N9O2. The van der Waals surface area contributed by atoms with E-state index >= 15 is 0 Å². The van der Waals surface area contributed by atoms with Gasteiger partial charge in [0.25, 0.3) is 0 Å². The Labute approximate surface area is 225 Å². The molecule has 1 aromatic carbocycles. The SMILES string of the molecule is C=CC(=O)N1CC2(CCN(c3nc(OCc4ccnnc4)nc(-c4c(C)ccc5cnn(C)c45)c3C#N)C2)C1. The summed E-state index contributed by atoms with van der Waals surface area (Å²) in [5, 5.41) is 23.6. The molecule has 0 bridgehead atoms. The molecule has 0 radical (unpaired) electrons. The van der Waals surface area contributed by atoms with Crippen LogP contribution in [0.2, 0.25) is 0 Å². The van der Waals surface area contributed by atoms with E-state index in [1.54, 1.807) is 28.2 Å². The molecule has 6 rings (SSSR count). The molecule has 39 heavy (non-hydrogen) atoms. The van der Waals surface area contributed by atoms with Crippen LogP contribution in [0.4, 0.5) is 5.82 Å². The van der Waals surface area contributed by atoms with Crippen molar-refractivity contribution in [2.75, 3.05) is 31.1 Å². The van der Waals surface area contributed by atoms with E-state index in [4.69, 9.17) is 14.7 Å². The summed E-state index contributed by atoms with van der Waals surface area (Å²) in [4.78, 5) is 25.5. The number of fused-ring (bicyclic) bond motifs is 1. The number of amides is 1. The first-order chi connectivity index (χ1) is 18.9. The summed E-state index contributed by atoms with van der Waals surface area (Å²) >= 11 is 0.